The molecular formula is C27H35N5O5Si. The van der Waals surface area contributed by atoms with Crippen LogP contribution in [0.5, 0.6) is 11.9 Å². The number of carbonyl (C=O) groups is 1. The zero-order chi connectivity index (χ0) is 27.1. The number of hydrogen-bond acceptors (Lipinski definition) is 8. The molecule has 1 fully saturated rings. The van der Waals surface area contributed by atoms with E-state index in [0.717, 1.165) is 33.7 Å². The number of carboxylic acids is 1. The Kier molecular flexibility index (Phi) is 6.99. The molecule has 2 aliphatic rings. The first-order chi connectivity index (χ1) is 18.0. The third kappa shape index (κ3) is 5.58. The Morgan fingerprint density at radius 1 is 1.21 bits per heavy atom. The molecule has 0 unspecified atom stereocenters. The Morgan fingerprint density at radius 2 is 2.00 bits per heavy atom. The average molecular weight is 538 g/mol. The van der Waals surface area contributed by atoms with Gasteiger partial charge < -0.3 is 19.3 Å². The molecule has 1 aliphatic heterocycles. The molecule has 0 spiro atoms. The summed E-state index contributed by atoms with van der Waals surface area (Å²) in [6, 6.07) is 7.27. The van der Waals surface area contributed by atoms with Crippen LogP contribution in [-0.2, 0) is 16.3 Å². The molecular weight excluding hydrogens is 502 g/mol. The van der Waals surface area contributed by atoms with E-state index < -0.39 is 19.5 Å². The molecule has 11 heteroatoms. The molecule has 1 aliphatic carbocycles. The van der Waals surface area contributed by atoms with Crippen LogP contribution in [0.2, 0.25) is 19.1 Å². The van der Waals surface area contributed by atoms with E-state index in [1.807, 2.05) is 19.1 Å². The van der Waals surface area contributed by atoms with E-state index in [-0.39, 0.29) is 6.61 Å². The van der Waals surface area contributed by atoms with E-state index in [9.17, 15) is 9.90 Å². The molecule has 2 bridgehead atoms. The molecule has 0 saturated heterocycles. The van der Waals surface area contributed by atoms with Crippen LogP contribution in [0.25, 0.3) is 22.6 Å². The first-order valence-corrected chi connectivity index (χ1v) is 16.2. The first-order valence-electron chi connectivity index (χ1n) is 13.0. The SMILES string of the molecule is Cc1cc(OCC(C)(C)C(=O)O)ncc1-c1ccc2c(n1)[Si](C)(C)CCOCn1nc-2nc1OCC1CC1. The molecule has 5 rings (SSSR count). The van der Waals surface area contributed by atoms with E-state index in [1.54, 1.807) is 24.7 Å². The largest absolute Gasteiger partial charge is 0.481 e. The number of ether oxygens (including phenoxy) is 3. The van der Waals surface area contributed by atoms with Gasteiger partial charge in [-0.3, -0.25) is 9.78 Å². The minimum absolute atomic E-state index is 0.0269. The second-order valence-electron chi connectivity index (χ2n) is 11.6. The normalized spacial score (nSPS) is 17.0. The maximum absolute atomic E-state index is 11.4. The van der Waals surface area contributed by atoms with Gasteiger partial charge in [0.1, 0.15) is 21.4 Å². The van der Waals surface area contributed by atoms with Crippen LogP contribution in [0.4, 0.5) is 0 Å². The summed E-state index contributed by atoms with van der Waals surface area (Å²) < 4.78 is 19.4. The summed E-state index contributed by atoms with van der Waals surface area (Å²) in [6.45, 7) is 11.4. The number of aliphatic carboxylic acids is 1. The van der Waals surface area contributed by atoms with Crippen LogP contribution in [0.1, 0.15) is 32.3 Å². The van der Waals surface area contributed by atoms with Crippen molar-refractivity contribution >= 4 is 19.4 Å². The minimum Gasteiger partial charge on any atom is -0.481 e. The highest BCUT2D eigenvalue weighted by atomic mass is 28.3. The Labute approximate surface area is 223 Å². The van der Waals surface area contributed by atoms with Gasteiger partial charge in [0, 0.05) is 35.3 Å². The van der Waals surface area contributed by atoms with Gasteiger partial charge >= 0.3 is 12.0 Å². The minimum atomic E-state index is -2.02. The van der Waals surface area contributed by atoms with E-state index in [0.29, 0.717) is 43.6 Å². The molecule has 3 aromatic rings. The number of aryl methyl sites for hydroxylation is 1. The molecule has 38 heavy (non-hydrogen) atoms. The number of pyridine rings is 2. The highest BCUT2D eigenvalue weighted by Gasteiger charge is 2.32. The number of fused-ring (bicyclic) bond motifs is 4. The van der Waals surface area contributed by atoms with Crippen molar-refractivity contribution in [1.29, 1.82) is 0 Å². The van der Waals surface area contributed by atoms with Crippen molar-refractivity contribution in [2.45, 2.75) is 59.5 Å². The molecule has 10 nitrogen and oxygen atoms in total. The molecule has 1 N–H and O–H groups in total. The van der Waals surface area contributed by atoms with Crippen molar-refractivity contribution in [2.24, 2.45) is 11.3 Å². The average Bonchev–Trinajstić information content (AvgIpc) is 3.62. The van der Waals surface area contributed by atoms with Crippen molar-refractivity contribution < 1.29 is 24.1 Å². The summed E-state index contributed by atoms with van der Waals surface area (Å²) in [5.74, 6) is 0.691. The zero-order valence-corrected chi connectivity index (χ0v) is 23.7. The zero-order valence-electron chi connectivity index (χ0n) is 22.7. The summed E-state index contributed by atoms with van der Waals surface area (Å²) in [7, 11) is -2.02. The number of aromatic nitrogens is 5. The smallest absolute Gasteiger partial charge is 0.317 e. The second-order valence-corrected chi connectivity index (χ2v) is 16.3. The van der Waals surface area contributed by atoms with Crippen LogP contribution in [-0.4, -0.2) is 63.7 Å². The fourth-order valence-electron chi connectivity index (χ4n) is 4.21. The molecule has 3 aromatic heterocycles. The second kappa shape index (κ2) is 10.1. The van der Waals surface area contributed by atoms with Crippen molar-refractivity contribution in [1.82, 2.24) is 24.7 Å². The standard InChI is InChI=1S/C27H35N5O5Si/c1-17-12-22(37-15-27(2,3)25(33)34)28-13-20(17)21-9-8-19-23-30-26(36-14-18-6-7-18)32(31-23)16-35-10-11-38(4,5)24(19)29-21/h8-9,12-13,18H,6-7,10-11,14-16H2,1-5H3,(H,33,34). The summed E-state index contributed by atoms with van der Waals surface area (Å²) in [5.41, 5.74) is 2.57. The number of hydrogen-bond donors (Lipinski definition) is 1. The fourth-order valence-corrected chi connectivity index (χ4v) is 6.44. The topological polar surface area (TPSA) is 121 Å². The molecule has 0 atom stereocenters. The van der Waals surface area contributed by atoms with Gasteiger partial charge in [-0.25, -0.2) is 4.98 Å². The van der Waals surface area contributed by atoms with Gasteiger partial charge in [-0.2, -0.15) is 9.67 Å². The fraction of sp³-hybridized carbons (Fsp3) is 0.519. The maximum Gasteiger partial charge on any atom is 0.317 e. The van der Waals surface area contributed by atoms with Gasteiger partial charge in [0.25, 0.3) is 0 Å². The third-order valence-corrected chi connectivity index (χ3v) is 10.3. The Hall–Kier alpha value is -3.31. The van der Waals surface area contributed by atoms with Gasteiger partial charge in [0.05, 0.1) is 17.7 Å². The van der Waals surface area contributed by atoms with E-state index in [4.69, 9.17) is 29.3 Å². The number of nitrogens with zero attached hydrogens (tertiary/aromatic N) is 5. The van der Waals surface area contributed by atoms with Crippen LogP contribution in [0, 0.1) is 18.3 Å². The highest BCUT2D eigenvalue weighted by molar-refractivity contribution is 6.90. The predicted molar refractivity (Wildman–Crippen MR) is 144 cm³/mol. The summed E-state index contributed by atoms with van der Waals surface area (Å²) in [4.78, 5) is 25.8. The van der Waals surface area contributed by atoms with E-state index >= 15 is 0 Å². The molecule has 0 aromatic carbocycles. The van der Waals surface area contributed by atoms with Crippen LogP contribution >= 0.6 is 0 Å². The molecule has 4 heterocycles. The Morgan fingerprint density at radius 3 is 2.71 bits per heavy atom. The molecule has 0 radical (unpaired) electrons. The molecule has 0 amide bonds. The maximum atomic E-state index is 11.4. The quantitative estimate of drug-likeness (QED) is 0.426. The van der Waals surface area contributed by atoms with Gasteiger partial charge in [0.15, 0.2) is 5.82 Å². The van der Waals surface area contributed by atoms with Crippen LogP contribution in [0.15, 0.2) is 24.4 Å². The number of rotatable bonds is 8. The molecule has 1 saturated carbocycles. The lowest BCUT2D eigenvalue weighted by atomic mass is 9.95. The predicted octanol–water partition coefficient (Wildman–Crippen LogP) is 3.89. The van der Waals surface area contributed by atoms with Gasteiger partial charge in [-0.1, -0.05) is 13.1 Å². The van der Waals surface area contributed by atoms with Crippen LogP contribution < -0.4 is 14.8 Å². The van der Waals surface area contributed by atoms with Gasteiger partial charge in [-0.05, 0) is 63.3 Å². The Bertz CT molecular complexity index is 1350. The first kappa shape index (κ1) is 26.3. The lowest BCUT2D eigenvalue weighted by Crippen LogP contribution is -2.46. The van der Waals surface area contributed by atoms with Crippen LogP contribution in [0.3, 0.4) is 0 Å². The van der Waals surface area contributed by atoms with Crippen molar-refractivity contribution in [3.8, 4) is 34.5 Å². The lowest BCUT2D eigenvalue weighted by molar-refractivity contribution is -0.148. The third-order valence-electron chi connectivity index (χ3n) is 7.17. The van der Waals surface area contributed by atoms with Gasteiger partial charge in [0.2, 0.25) is 5.88 Å². The van der Waals surface area contributed by atoms with Crippen molar-refractivity contribution in [3.05, 3.63) is 30.0 Å². The summed E-state index contributed by atoms with van der Waals surface area (Å²) >= 11 is 0. The lowest BCUT2D eigenvalue weighted by Gasteiger charge is -2.25. The summed E-state index contributed by atoms with van der Waals surface area (Å²) in [5, 5.41) is 15.1. The summed E-state index contributed by atoms with van der Waals surface area (Å²) in [6.07, 6.45) is 4.14. The van der Waals surface area contributed by atoms with E-state index in [1.165, 1.54) is 12.8 Å². The van der Waals surface area contributed by atoms with Crippen molar-refractivity contribution in [2.75, 3.05) is 19.8 Å². The van der Waals surface area contributed by atoms with Crippen molar-refractivity contribution in [3.63, 3.8) is 0 Å². The van der Waals surface area contributed by atoms with Gasteiger partial charge in [-0.15, -0.1) is 5.10 Å². The Balaban J connectivity index is 1.47. The molecule has 202 valence electrons. The number of carboxylic acid groups (broad SMARTS) is 1. The van der Waals surface area contributed by atoms with E-state index in [2.05, 4.69) is 24.1 Å². The highest BCUT2D eigenvalue weighted by Crippen LogP contribution is 2.31. The monoisotopic (exact) mass is 537 g/mol.